The first-order chi connectivity index (χ1) is 13.2. The summed E-state index contributed by atoms with van der Waals surface area (Å²) < 4.78 is 2.01. The Hall–Kier alpha value is -3.22. The number of benzene rings is 3. The van der Waals surface area contributed by atoms with Crippen molar-refractivity contribution in [3.8, 4) is 6.07 Å². The highest BCUT2D eigenvalue weighted by Gasteiger charge is 2.15. The van der Waals surface area contributed by atoms with Crippen molar-refractivity contribution in [2.45, 2.75) is 13.0 Å². The minimum absolute atomic E-state index is 0.567. The zero-order valence-electron chi connectivity index (χ0n) is 14.7. The van der Waals surface area contributed by atoms with E-state index in [4.69, 9.17) is 17.3 Å². The van der Waals surface area contributed by atoms with Gasteiger partial charge in [-0.1, -0.05) is 66.2 Å². The molecule has 0 aliphatic heterocycles. The zero-order chi connectivity index (χ0) is 18.8. The summed E-state index contributed by atoms with van der Waals surface area (Å²) in [5.74, 6) is 0. The van der Waals surface area contributed by atoms with Crippen molar-refractivity contribution in [3.05, 3.63) is 100 Å². The average Bonchev–Trinajstić information content (AvgIpc) is 2.97. The van der Waals surface area contributed by atoms with Crippen LogP contribution in [0.2, 0.25) is 5.02 Å². The Bertz CT molecular complexity index is 1160. The van der Waals surface area contributed by atoms with Gasteiger partial charge in [0.1, 0.15) is 11.8 Å². The molecule has 4 heteroatoms. The van der Waals surface area contributed by atoms with Gasteiger partial charge in [-0.3, -0.25) is 0 Å². The van der Waals surface area contributed by atoms with Gasteiger partial charge in [0.25, 0.3) is 0 Å². The largest absolute Gasteiger partial charge is 0.397 e. The molecule has 0 atom stereocenters. The molecule has 0 saturated carbocycles. The molecule has 0 fully saturated rings. The molecule has 132 valence electrons. The van der Waals surface area contributed by atoms with Gasteiger partial charge in [0.05, 0.1) is 5.69 Å². The molecule has 4 aromatic rings. The molecular formula is C23H18ClN3. The molecule has 0 unspecified atom stereocenters. The third-order valence-corrected chi connectivity index (χ3v) is 5.06. The number of nitrogens with zero attached hydrogens (tertiary/aromatic N) is 2. The van der Waals surface area contributed by atoms with Crippen LogP contribution in [0.1, 0.15) is 22.5 Å². The summed E-state index contributed by atoms with van der Waals surface area (Å²) in [6.07, 6.45) is 0.624. The number of halogens is 1. The lowest BCUT2D eigenvalue weighted by Gasteiger charge is -2.14. The van der Waals surface area contributed by atoms with E-state index >= 15 is 0 Å². The minimum atomic E-state index is 0.567. The molecule has 0 amide bonds. The summed E-state index contributed by atoms with van der Waals surface area (Å²) in [5, 5.41) is 12.7. The third-order valence-electron chi connectivity index (χ3n) is 4.83. The van der Waals surface area contributed by atoms with Crippen LogP contribution >= 0.6 is 11.6 Å². The van der Waals surface area contributed by atoms with Gasteiger partial charge in [-0.2, -0.15) is 5.26 Å². The van der Waals surface area contributed by atoms with Crippen LogP contribution < -0.4 is 5.73 Å². The number of rotatable bonds is 4. The van der Waals surface area contributed by atoms with E-state index in [9.17, 15) is 5.26 Å². The van der Waals surface area contributed by atoms with Gasteiger partial charge in [0, 0.05) is 23.7 Å². The Kier molecular flexibility index (Phi) is 4.58. The fourth-order valence-electron chi connectivity index (χ4n) is 3.52. The van der Waals surface area contributed by atoms with Gasteiger partial charge in [0.15, 0.2) is 0 Å². The maximum absolute atomic E-state index is 9.61. The average molecular weight is 372 g/mol. The van der Waals surface area contributed by atoms with E-state index in [2.05, 4.69) is 30.3 Å². The van der Waals surface area contributed by atoms with Crippen LogP contribution in [-0.4, -0.2) is 4.57 Å². The molecule has 4 rings (SSSR count). The molecule has 1 aromatic heterocycles. The van der Waals surface area contributed by atoms with E-state index in [1.165, 1.54) is 10.8 Å². The third kappa shape index (κ3) is 3.40. The van der Waals surface area contributed by atoms with Crippen LogP contribution in [0.3, 0.4) is 0 Å². The van der Waals surface area contributed by atoms with Crippen molar-refractivity contribution in [1.82, 2.24) is 4.57 Å². The molecule has 0 radical (unpaired) electrons. The van der Waals surface area contributed by atoms with E-state index < -0.39 is 0 Å². The van der Waals surface area contributed by atoms with Crippen LogP contribution in [0.5, 0.6) is 0 Å². The Morgan fingerprint density at radius 2 is 1.74 bits per heavy atom. The quantitative estimate of drug-likeness (QED) is 0.523. The van der Waals surface area contributed by atoms with E-state index in [0.717, 1.165) is 16.8 Å². The van der Waals surface area contributed by atoms with Crippen molar-refractivity contribution in [2.75, 3.05) is 5.73 Å². The zero-order valence-corrected chi connectivity index (χ0v) is 15.4. The van der Waals surface area contributed by atoms with Gasteiger partial charge in [-0.15, -0.1) is 0 Å². The molecule has 0 saturated heterocycles. The molecule has 0 spiro atoms. The number of nitrogens with two attached hydrogens (primary N) is 1. The van der Waals surface area contributed by atoms with Crippen molar-refractivity contribution in [3.63, 3.8) is 0 Å². The first-order valence-electron chi connectivity index (χ1n) is 8.75. The molecule has 0 aliphatic rings. The van der Waals surface area contributed by atoms with Crippen LogP contribution in [0.15, 0.2) is 72.8 Å². The van der Waals surface area contributed by atoms with Crippen molar-refractivity contribution < 1.29 is 0 Å². The summed E-state index contributed by atoms with van der Waals surface area (Å²) >= 11 is 6.13. The molecular weight excluding hydrogens is 354 g/mol. The standard InChI is InChI=1S/C23H18ClN3/c24-19-9-3-5-16(11-19)12-23-22(26)13-20(14-25)27(23)15-18-8-4-7-17-6-1-2-10-21(17)18/h1-11,13H,12,15,26H2. The van der Waals surface area contributed by atoms with Gasteiger partial charge in [0.2, 0.25) is 0 Å². The Morgan fingerprint density at radius 1 is 0.963 bits per heavy atom. The van der Waals surface area contributed by atoms with E-state index in [1.807, 2.05) is 47.0 Å². The van der Waals surface area contributed by atoms with E-state index in [1.54, 1.807) is 6.07 Å². The van der Waals surface area contributed by atoms with E-state index in [0.29, 0.717) is 29.4 Å². The number of nitriles is 1. The highest BCUT2D eigenvalue weighted by Crippen LogP contribution is 2.26. The number of anilines is 1. The summed E-state index contributed by atoms with van der Waals surface area (Å²) in [6.45, 7) is 0.595. The first kappa shape index (κ1) is 17.2. The first-order valence-corrected chi connectivity index (χ1v) is 9.12. The second-order valence-corrected chi connectivity index (χ2v) is 7.01. The molecule has 2 N–H and O–H groups in total. The van der Waals surface area contributed by atoms with Gasteiger partial charge < -0.3 is 10.3 Å². The maximum Gasteiger partial charge on any atom is 0.122 e. The second kappa shape index (κ2) is 7.19. The fraction of sp³-hybridized carbons (Fsp3) is 0.0870. The number of nitrogen functional groups attached to an aromatic ring is 1. The minimum Gasteiger partial charge on any atom is -0.397 e. The number of hydrogen-bond acceptors (Lipinski definition) is 2. The van der Waals surface area contributed by atoms with Crippen molar-refractivity contribution in [1.29, 1.82) is 5.26 Å². The molecule has 0 aliphatic carbocycles. The molecule has 27 heavy (non-hydrogen) atoms. The number of fused-ring (bicyclic) bond motifs is 1. The SMILES string of the molecule is N#Cc1cc(N)c(Cc2cccc(Cl)c2)n1Cc1cccc2ccccc12. The van der Waals surface area contributed by atoms with Gasteiger partial charge in [-0.05, 0) is 40.1 Å². The highest BCUT2D eigenvalue weighted by atomic mass is 35.5. The summed E-state index contributed by atoms with van der Waals surface area (Å²) in [7, 11) is 0. The summed E-state index contributed by atoms with van der Waals surface area (Å²) in [4.78, 5) is 0. The highest BCUT2D eigenvalue weighted by molar-refractivity contribution is 6.30. The monoisotopic (exact) mass is 371 g/mol. The molecule has 1 heterocycles. The molecule has 3 nitrogen and oxygen atoms in total. The summed E-state index contributed by atoms with van der Waals surface area (Å²) in [6, 6.07) is 26.3. The predicted octanol–water partition coefficient (Wildman–Crippen LogP) is 5.39. The lowest BCUT2D eigenvalue weighted by molar-refractivity contribution is 0.753. The lowest BCUT2D eigenvalue weighted by Crippen LogP contribution is -2.09. The number of hydrogen-bond donors (Lipinski definition) is 1. The Labute approximate surface area is 163 Å². The van der Waals surface area contributed by atoms with Crippen molar-refractivity contribution >= 4 is 28.1 Å². The van der Waals surface area contributed by atoms with Crippen LogP contribution in [0.25, 0.3) is 10.8 Å². The second-order valence-electron chi connectivity index (χ2n) is 6.57. The molecule has 0 bridgehead atoms. The smallest absolute Gasteiger partial charge is 0.122 e. The normalized spacial score (nSPS) is 10.8. The lowest BCUT2D eigenvalue weighted by atomic mass is 10.0. The maximum atomic E-state index is 9.61. The Balaban J connectivity index is 1.79. The van der Waals surface area contributed by atoms with Gasteiger partial charge in [-0.25, -0.2) is 0 Å². The van der Waals surface area contributed by atoms with Crippen LogP contribution in [-0.2, 0) is 13.0 Å². The predicted molar refractivity (Wildman–Crippen MR) is 111 cm³/mol. The topological polar surface area (TPSA) is 54.7 Å². The molecule has 3 aromatic carbocycles. The van der Waals surface area contributed by atoms with Crippen LogP contribution in [0.4, 0.5) is 5.69 Å². The fourth-order valence-corrected chi connectivity index (χ4v) is 3.73. The van der Waals surface area contributed by atoms with Crippen molar-refractivity contribution in [2.24, 2.45) is 0 Å². The number of aromatic nitrogens is 1. The van der Waals surface area contributed by atoms with Crippen LogP contribution in [0, 0.1) is 11.3 Å². The van der Waals surface area contributed by atoms with E-state index in [-0.39, 0.29) is 0 Å². The van der Waals surface area contributed by atoms with Gasteiger partial charge >= 0.3 is 0 Å². The Morgan fingerprint density at radius 3 is 2.56 bits per heavy atom. The summed E-state index contributed by atoms with van der Waals surface area (Å²) in [5.41, 5.74) is 10.6.